The molecule has 2 amide bonds. The highest BCUT2D eigenvalue weighted by Crippen LogP contribution is 2.29. The minimum absolute atomic E-state index is 0.156. The number of carbonyl (C=O) groups is 2. The molecule has 1 fully saturated rings. The van der Waals surface area contributed by atoms with Crippen molar-refractivity contribution in [1.82, 2.24) is 10.6 Å². The molecule has 6 nitrogen and oxygen atoms in total. The second-order valence-electron chi connectivity index (χ2n) is 6.20. The third kappa shape index (κ3) is 6.33. The monoisotopic (exact) mass is 300 g/mol. The summed E-state index contributed by atoms with van der Waals surface area (Å²) < 4.78 is 5.20. The van der Waals surface area contributed by atoms with Crippen molar-refractivity contribution < 1.29 is 19.4 Å². The molecule has 1 heterocycles. The standard InChI is InChI=1S/C15H28N2O4/c1-12(2)5-3-4-8-16-14(20)17-11-15(13(18)19)6-9-21-10-7-15/h12H,3-11H2,1-2H3,(H,18,19)(H2,16,17,20). The van der Waals surface area contributed by atoms with Crippen molar-refractivity contribution in [3.63, 3.8) is 0 Å². The predicted octanol–water partition coefficient (Wildman–Crippen LogP) is 1.99. The molecule has 1 aliphatic rings. The molecule has 1 saturated heterocycles. The summed E-state index contributed by atoms with van der Waals surface area (Å²) in [5, 5.41) is 14.8. The molecule has 0 aromatic carbocycles. The number of carboxylic acid groups (broad SMARTS) is 1. The average Bonchev–Trinajstić information content (AvgIpc) is 2.45. The summed E-state index contributed by atoms with van der Waals surface area (Å²) in [4.78, 5) is 23.1. The summed E-state index contributed by atoms with van der Waals surface area (Å²) in [6.45, 7) is 6.01. The van der Waals surface area contributed by atoms with Gasteiger partial charge >= 0.3 is 12.0 Å². The lowest BCUT2D eigenvalue weighted by molar-refractivity contribution is -0.154. The molecule has 122 valence electrons. The van der Waals surface area contributed by atoms with Gasteiger partial charge in [-0.15, -0.1) is 0 Å². The highest BCUT2D eigenvalue weighted by molar-refractivity contribution is 5.78. The van der Waals surface area contributed by atoms with Crippen molar-refractivity contribution >= 4 is 12.0 Å². The number of carboxylic acids is 1. The van der Waals surface area contributed by atoms with Gasteiger partial charge in [0.2, 0.25) is 0 Å². The Morgan fingerprint density at radius 2 is 1.86 bits per heavy atom. The quantitative estimate of drug-likeness (QED) is 0.598. The normalized spacial score (nSPS) is 17.5. The number of urea groups is 1. The molecule has 0 saturated carbocycles. The number of carbonyl (C=O) groups excluding carboxylic acids is 1. The van der Waals surface area contributed by atoms with Gasteiger partial charge < -0.3 is 20.5 Å². The van der Waals surface area contributed by atoms with E-state index in [-0.39, 0.29) is 12.6 Å². The maximum atomic E-state index is 11.7. The molecule has 1 aliphatic heterocycles. The van der Waals surface area contributed by atoms with Gasteiger partial charge in [-0.05, 0) is 25.2 Å². The van der Waals surface area contributed by atoms with Crippen LogP contribution in [-0.4, -0.2) is 43.4 Å². The lowest BCUT2D eigenvalue weighted by atomic mass is 9.80. The van der Waals surface area contributed by atoms with Crippen LogP contribution in [-0.2, 0) is 9.53 Å². The molecule has 0 spiro atoms. The van der Waals surface area contributed by atoms with E-state index in [1.807, 2.05) is 0 Å². The van der Waals surface area contributed by atoms with Gasteiger partial charge in [0.05, 0.1) is 5.41 Å². The van der Waals surface area contributed by atoms with Crippen LogP contribution in [0.5, 0.6) is 0 Å². The Morgan fingerprint density at radius 3 is 2.43 bits per heavy atom. The molecule has 21 heavy (non-hydrogen) atoms. The number of aliphatic carboxylic acids is 1. The number of ether oxygens (including phenoxy) is 1. The number of hydrogen-bond acceptors (Lipinski definition) is 3. The van der Waals surface area contributed by atoms with E-state index in [0.717, 1.165) is 19.3 Å². The van der Waals surface area contributed by atoms with Crippen molar-refractivity contribution in [2.45, 2.75) is 46.0 Å². The maximum Gasteiger partial charge on any atom is 0.314 e. The van der Waals surface area contributed by atoms with E-state index >= 15 is 0 Å². The molecule has 0 aliphatic carbocycles. The third-order valence-corrected chi connectivity index (χ3v) is 3.98. The average molecular weight is 300 g/mol. The molecule has 1 rings (SSSR count). The second kappa shape index (κ2) is 8.87. The topological polar surface area (TPSA) is 87.7 Å². The number of hydrogen-bond donors (Lipinski definition) is 3. The van der Waals surface area contributed by atoms with E-state index in [9.17, 15) is 14.7 Å². The Balaban J connectivity index is 2.23. The van der Waals surface area contributed by atoms with Crippen LogP contribution in [0.2, 0.25) is 0 Å². The summed E-state index contributed by atoms with van der Waals surface area (Å²) in [5.41, 5.74) is -0.882. The van der Waals surface area contributed by atoms with E-state index in [1.165, 1.54) is 0 Å². The molecule has 0 aromatic rings. The fraction of sp³-hybridized carbons (Fsp3) is 0.867. The van der Waals surface area contributed by atoms with Gasteiger partial charge in [-0.2, -0.15) is 0 Å². The van der Waals surface area contributed by atoms with Crippen LogP contribution in [0.25, 0.3) is 0 Å². The second-order valence-corrected chi connectivity index (χ2v) is 6.20. The van der Waals surface area contributed by atoms with Crippen molar-refractivity contribution in [1.29, 1.82) is 0 Å². The zero-order chi connectivity index (χ0) is 15.7. The molecular weight excluding hydrogens is 272 g/mol. The molecule has 0 bridgehead atoms. The lowest BCUT2D eigenvalue weighted by Gasteiger charge is -2.33. The third-order valence-electron chi connectivity index (χ3n) is 3.98. The van der Waals surface area contributed by atoms with Crippen LogP contribution in [0.4, 0.5) is 4.79 Å². The van der Waals surface area contributed by atoms with Gasteiger partial charge in [0.25, 0.3) is 0 Å². The summed E-state index contributed by atoms with van der Waals surface area (Å²) in [6, 6.07) is -0.285. The summed E-state index contributed by atoms with van der Waals surface area (Å²) in [6.07, 6.45) is 4.08. The maximum absolute atomic E-state index is 11.7. The first-order valence-electron chi connectivity index (χ1n) is 7.79. The highest BCUT2D eigenvalue weighted by atomic mass is 16.5. The van der Waals surface area contributed by atoms with Crippen LogP contribution >= 0.6 is 0 Å². The van der Waals surface area contributed by atoms with Crippen molar-refractivity contribution in [3.05, 3.63) is 0 Å². The number of rotatable bonds is 8. The van der Waals surface area contributed by atoms with Crippen LogP contribution in [0.1, 0.15) is 46.0 Å². The summed E-state index contributed by atoms with van der Waals surface area (Å²) in [5.74, 6) is -0.175. The first kappa shape index (κ1) is 17.8. The predicted molar refractivity (Wildman–Crippen MR) is 80.2 cm³/mol. The van der Waals surface area contributed by atoms with Crippen LogP contribution in [0, 0.1) is 11.3 Å². The van der Waals surface area contributed by atoms with E-state index in [0.29, 0.717) is 38.5 Å². The van der Waals surface area contributed by atoms with E-state index in [1.54, 1.807) is 0 Å². The molecule has 3 N–H and O–H groups in total. The molecule has 6 heteroatoms. The minimum atomic E-state index is -0.882. The van der Waals surface area contributed by atoms with Gasteiger partial charge in [0.1, 0.15) is 0 Å². The number of nitrogens with one attached hydrogen (secondary N) is 2. The van der Waals surface area contributed by atoms with Crippen molar-refractivity contribution in [2.75, 3.05) is 26.3 Å². The smallest absolute Gasteiger partial charge is 0.314 e. The van der Waals surface area contributed by atoms with Gasteiger partial charge in [0, 0.05) is 26.3 Å². The van der Waals surface area contributed by atoms with E-state index in [4.69, 9.17) is 4.74 Å². The summed E-state index contributed by atoms with van der Waals surface area (Å²) >= 11 is 0. The van der Waals surface area contributed by atoms with E-state index < -0.39 is 11.4 Å². The Kier molecular flexibility index (Phi) is 7.50. The molecule has 0 aromatic heterocycles. The zero-order valence-electron chi connectivity index (χ0n) is 13.1. The summed E-state index contributed by atoms with van der Waals surface area (Å²) in [7, 11) is 0. The minimum Gasteiger partial charge on any atom is -0.481 e. The Morgan fingerprint density at radius 1 is 1.19 bits per heavy atom. The number of amides is 2. The van der Waals surface area contributed by atoms with Gasteiger partial charge in [0.15, 0.2) is 0 Å². The van der Waals surface area contributed by atoms with Crippen LogP contribution < -0.4 is 10.6 Å². The van der Waals surface area contributed by atoms with Gasteiger partial charge in [-0.3, -0.25) is 4.79 Å². The Bertz CT molecular complexity index is 339. The highest BCUT2D eigenvalue weighted by Gasteiger charge is 2.40. The first-order valence-corrected chi connectivity index (χ1v) is 7.79. The molecule has 0 unspecified atom stereocenters. The molecule has 0 radical (unpaired) electrons. The van der Waals surface area contributed by atoms with Crippen molar-refractivity contribution in [3.8, 4) is 0 Å². The SMILES string of the molecule is CC(C)CCCCNC(=O)NCC1(C(=O)O)CCOCC1. The van der Waals surface area contributed by atoms with Crippen molar-refractivity contribution in [2.24, 2.45) is 11.3 Å². The Labute approximate surface area is 126 Å². The largest absolute Gasteiger partial charge is 0.481 e. The van der Waals surface area contributed by atoms with Crippen LogP contribution in [0.15, 0.2) is 0 Å². The molecule has 0 atom stereocenters. The zero-order valence-corrected chi connectivity index (χ0v) is 13.1. The van der Waals surface area contributed by atoms with Gasteiger partial charge in [-0.1, -0.05) is 26.7 Å². The fourth-order valence-corrected chi connectivity index (χ4v) is 2.42. The number of unbranched alkanes of at least 4 members (excludes halogenated alkanes) is 1. The van der Waals surface area contributed by atoms with Gasteiger partial charge in [-0.25, -0.2) is 4.79 Å². The first-order chi connectivity index (χ1) is 9.96. The van der Waals surface area contributed by atoms with Crippen LogP contribution in [0.3, 0.4) is 0 Å². The van der Waals surface area contributed by atoms with E-state index in [2.05, 4.69) is 24.5 Å². The lowest BCUT2D eigenvalue weighted by Crippen LogP contribution is -2.48. The Hall–Kier alpha value is -1.30. The molecular formula is C15H28N2O4. The fourth-order valence-electron chi connectivity index (χ4n) is 2.42.